The molecular formula is C13H23NO3. The molecule has 0 bridgehead atoms. The Labute approximate surface area is 104 Å². The summed E-state index contributed by atoms with van der Waals surface area (Å²) < 4.78 is 4.83. The molecular weight excluding hydrogens is 218 g/mol. The van der Waals surface area contributed by atoms with E-state index in [1.54, 1.807) is 13.0 Å². The predicted octanol–water partition coefficient (Wildman–Crippen LogP) is 2.00. The number of rotatable bonds is 8. The Morgan fingerprint density at radius 3 is 2.53 bits per heavy atom. The van der Waals surface area contributed by atoms with Gasteiger partial charge in [0.2, 0.25) is 5.91 Å². The average molecular weight is 241 g/mol. The maximum absolute atomic E-state index is 11.9. The molecule has 4 nitrogen and oxygen atoms in total. The van der Waals surface area contributed by atoms with Crippen LogP contribution >= 0.6 is 0 Å². The summed E-state index contributed by atoms with van der Waals surface area (Å²) in [4.78, 5) is 24.7. The Balaban J connectivity index is 4.34. The van der Waals surface area contributed by atoms with Crippen molar-refractivity contribution in [2.24, 2.45) is 5.92 Å². The zero-order valence-electron chi connectivity index (χ0n) is 11.1. The van der Waals surface area contributed by atoms with Crippen LogP contribution in [0.3, 0.4) is 0 Å². The van der Waals surface area contributed by atoms with Gasteiger partial charge in [0.15, 0.2) is 0 Å². The van der Waals surface area contributed by atoms with E-state index in [0.717, 1.165) is 6.42 Å². The third kappa shape index (κ3) is 6.76. The fraction of sp³-hybridized carbons (Fsp3) is 0.692. The van der Waals surface area contributed by atoms with Crippen LogP contribution in [0.5, 0.6) is 0 Å². The minimum Gasteiger partial charge on any atom is -0.465 e. The van der Waals surface area contributed by atoms with E-state index in [0.29, 0.717) is 25.5 Å². The van der Waals surface area contributed by atoms with Gasteiger partial charge in [-0.2, -0.15) is 0 Å². The smallest absolute Gasteiger partial charge is 0.325 e. The van der Waals surface area contributed by atoms with Gasteiger partial charge in [-0.25, -0.2) is 0 Å². The first-order valence-corrected chi connectivity index (χ1v) is 6.09. The van der Waals surface area contributed by atoms with Crippen molar-refractivity contribution < 1.29 is 14.3 Å². The van der Waals surface area contributed by atoms with E-state index in [9.17, 15) is 9.59 Å². The SMILES string of the molecule is C=CCN(CC(=O)OCC)C(=O)CC(C)CC. The molecule has 0 aliphatic carbocycles. The molecule has 1 atom stereocenters. The van der Waals surface area contributed by atoms with Gasteiger partial charge in [-0.05, 0) is 12.8 Å². The molecule has 0 radical (unpaired) electrons. The van der Waals surface area contributed by atoms with E-state index in [4.69, 9.17) is 4.74 Å². The van der Waals surface area contributed by atoms with Gasteiger partial charge in [-0.3, -0.25) is 9.59 Å². The molecule has 0 saturated heterocycles. The van der Waals surface area contributed by atoms with Crippen LogP contribution in [0, 0.1) is 5.92 Å². The summed E-state index contributed by atoms with van der Waals surface area (Å²) in [5.74, 6) is -0.0591. The molecule has 0 fully saturated rings. The maximum atomic E-state index is 11.9. The predicted molar refractivity (Wildman–Crippen MR) is 67.5 cm³/mol. The van der Waals surface area contributed by atoms with E-state index in [2.05, 4.69) is 6.58 Å². The monoisotopic (exact) mass is 241 g/mol. The molecule has 0 saturated carbocycles. The van der Waals surface area contributed by atoms with Crippen LogP contribution in [0.1, 0.15) is 33.6 Å². The Kier molecular flexibility index (Phi) is 8.11. The van der Waals surface area contributed by atoms with Crippen LogP contribution in [-0.2, 0) is 14.3 Å². The van der Waals surface area contributed by atoms with Crippen molar-refractivity contribution in [2.45, 2.75) is 33.6 Å². The second-order valence-electron chi connectivity index (χ2n) is 4.09. The van der Waals surface area contributed by atoms with Crippen molar-refractivity contribution in [2.75, 3.05) is 19.7 Å². The number of nitrogens with zero attached hydrogens (tertiary/aromatic N) is 1. The molecule has 0 aromatic heterocycles. The standard InChI is InChI=1S/C13H23NO3/c1-5-8-14(10-13(16)17-7-3)12(15)9-11(4)6-2/h5,11H,1,6-10H2,2-4H3. The highest BCUT2D eigenvalue weighted by Gasteiger charge is 2.18. The molecule has 98 valence electrons. The first-order valence-electron chi connectivity index (χ1n) is 6.09. The lowest BCUT2D eigenvalue weighted by Gasteiger charge is -2.21. The highest BCUT2D eigenvalue weighted by Crippen LogP contribution is 2.09. The fourth-order valence-corrected chi connectivity index (χ4v) is 1.34. The summed E-state index contributed by atoms with van der Waals surface area (Å²) in [6.07, 6.45) is 3.03. The summed E-state index contributed by atoms with van der Waals surface area (Å²) in [6.45, 7) is 10.1. The van der Waals surface area contributed by atoms with Gasteiger partial charge >= 0.3 is 5.97 Å². The molecule has 0 N–H and O–H groups in total. The lowest BCUT2D eigenvalue weighted by molar-refractivity contribution is -0.148. The Hall–Kier alpha value is -1.32. The Bertz CT molecular complexity index is 263. The highest BCUT2D eigenvalue weighted by atomic mass is 16.5. The molecule has 1 amide bonds. The van der Waals surface area contributed by atoms with E-state index in [1.165, 1.54) is 4.90 Å². The topological polar surface area (TPSA) is 46.6 Å². The van der Waals surface area contributed by atoms with Gasteiger partial charge in [0.25, 0.3) is 0 Å². The molecule has 0 aliphatic heterocycles. The minimum absolute atomic E-state index is 0.00906. The van der Waals surface area contributed by atoms with E-state index < -0.39 is 0 Å². The largest absolute Gasteiger partial charge is 0.465 e. The van der Waals surface area contributed by atoms with Gasteiger partial charge in [-0.1, -0.05) is 26.3 Å². The molecule has 17 heavy (non-hydrogen) atoms. The zero-order valence-corrected chi connectivity index (χ0v) is 11.1. The Morgan fingerprint density at radius 2 is 2.06 bits per heavy atom. The normalized spacial score (nSPS) is 11.7. The zero-order chi connectivity index (χ0) is 13.3. The summed E-state index contributed by atoms with van der Waals surface area (Å²) in [7, 11) is 0. The van der Waals surface area contributed by atoms with Gasteiger partial charge in [0.1, 0.15) is 6.54 Å². The van der Waals surface area contributed by atoms with Crippen LogP contribution < -0.4 is 0 Å². The van der Waals surface area contributed by atoms with E-state index in [-0.39, 0.29) is 18.4 Å². The second kappa shape index (κ2) is 8.79. The van der Waals surface area contributed by atoms with Crippen LogP contribution in [-0.4, -0.2) is 36.5 Å². The van der Waals surface area contributed by atoms with Crippen molar-refractivity contribution in [1.82, 2.24) is 4.90 Å². The van der Waals surface area contributed by atoms with Crippen LogP contribution in [0.2, 0.25) is 0 Å². The van der Waals surface area contributed by atoms with Crippen molar-refractivity contribution in [3.8, 4) is 0 Å². The van der Waals surface area contributed by atoms with Crippen molar-refractivity contribution in [1.29, 1.82) is 0 Å². The Morgan fingerprint density at radius 1 is 1.41 bits per heavy atom. The molecule has 0 heterocycles. The summed E-state index contributed by atoms with van der Waals surface area (Å²) in [5.41, 5.74) is 0. The number of hydrogen-bond donors (Lipinski definition) is 0. The van der Waals surface area contributed by atoms with Crippen molar-refractivity contribution in [3.05, 3.63) is 12.7 Å². The first-order chi connectivity index (χ1) is 8.04. The number of hydrogen-bond acceptors (Lipinski definition) is 3. The quantitative estimate of drug-likeness (QED) is 0.482. The summed E-state index contributed by atoms with van der Waals surface area (Å²) in [5, 5.41) is 0. The summed E-state index contributed by atoms with van der Waals surface area (Å²) in [6, 6.07) is 0. The average Bonchev–Trinajstić information content (AvgIpc) is 2.28. The molecule has 0 spiro atoms. The first kappa shape index (κ1) is 15.7. The number of carbonyl (C=O) groups excluding carboxylic acids is 2. The molecule has 0 rings (SSSR count). The van der Waals surface area contributed by atoms with E-state index >= 15 is 0 Å². The van der Waals surface area contributed by atoms with Gasteiger partial charge < -0.3 is 9.64 Å². The van der Waals surface area contributed by atoms with Gasteiger partial charge in [0, 0.05) is 13.0 Å². The van der Waals surface area contributed by atoms with Crippen LogP contribution in [0.4, 0.5) is 0 Å². The minimum atomic E-state index is -0.369. The molecule has 0 aliphatic rings. The van der Waals surface area contributed by atoms with E-state index in [1.807, 2.05) is 13.8 Å². The van der Waals surface area contributed by atoms with Gasteiger partial charge in [0.05, 0.1) is 6.61 Å². The van der Waals surface area contributed by atoms with Crippen LogP contribution in [0.25, 0.3) is 0 Å². The fourth-order valence-electron chi connectivity index (χ4n) is 1.34. The lowest BCUT2D eigenvalue weighted by atomic mass is 10.0. The van der Waals surface area contributed by atoms with Crippen molar-refractivity contribution in [3.63, 3.8) is 0 Å². The number of esters is 1. The maximum Gasteiger partial charge on any atom is 0.325 e. The highest BCUT2D eigenvalue weighted by molar-refractivity contribution is 5.82. The molecule has 4 heteroatoms. The number of amides is 1. The third-order valence-corrected chi connectivity index (χ3v) is 2.55. The molecule has 0 aromatic rings. The number of ether oxygens (including phenoxy) is 1. The molecule has 1 unspecified atom stereocenters. The van der Waals surface area contributed by atoms with Crippen LogP contribution in [0.15, 0.2) is 12.7 Å². The molecule has 0 aromatic carbocycles. The third-order valence-electron chi connectivity index (χ3n) is 2.55. The van der Waals surface area contributed by atoms with Crippen molar-refractivity contribution >= 4 is 11.9 Å². The lowest BCUT2D eigenvalue weighted by Crippen LogP contribution is -2.37. The second-order valence-corrected chi connectivity index (χ2v) is 4.09. The number of carbonyl (C=O) groups is 2. The summed E-state index contributed by atoms with van der Waals surface area (Å²) >= 11 is 0. The van der Waals surface area contributed by atoms with Gasteiger partial charge in [-0.15, -0.1) is 6.58 Å².